The number of rotatable bonds is 1. The molecule has 102 valence electrons. The molecule has 1 aromatic heterocycles. The van der Waals surface area contributed by atoms with Gasteiger partial charge < -0.3 is 5.73 Å². The highest BCUT2D eigenvalue weighted by Gasteiger charge is 2.17. The van der Waals surface area contributed by atoms with Gasteiger partial charge >= 0.3 is 0 Å². The Morgan fingerprint density at radius 2 is 1.95 bits per heavy atom. The summed E-state index contributed by atoms with van der Waals surface area (Å²) >= 11 is 6.05. The van der Waals surface area contributed by atoms with Gasteiger partial charge in [-0.2, -0.15) is 0 Å². The minimum Gasteiger partial charge on any atom is -0.369 e. The number of hydrogen-bond donors (Lipinski definition) is 1. The van der Waals surface area contributed by atoms with Crippen LogP contribution in [0.25, 0.3) is 16.7 Å². The van der Waals surface area contributed by atoms with Crippen molar-refractivity contribution in [1.82, 2.24) is 9.55 Å². The van der Waals surface area contributed by atoms with Crippen LogP contribution in [0.3, 0.4) is 0 Å². The smallest absolute Gasteiger partial charge is 0.206 e. The molecule has 3 aromatic rings. The highest BCUT2D eigenvalue weighted by Crippen LogP contribution is 2.31. The molecule has 0 saturated heterocycles. The lowest BCUT2D eigenvalue weighted by molar-refractivity contribution is 0.619. The quantitative estimate of drug-likeness (QED) is 0.740. The van der Waals surface area contributed by atoms with Crippen LogP contribution < -0.4 is 5.73 Å². The summed E-state index contributed by atoms with van der Waals surface area (Å²) in [5, 5.41) is 0.206. The second-order valence-electron chi connectivity index (χ2n) is 4.47. The molecule has 0 fully saturated rings. The molecule has 3 rings (SSSR count). The van der Waals surface area contributed by atoms with E-state index in [4.69, 9.17) is 17.3 Å². The predicted molar refractivity (Wildman–Crippen MR) is 75.1 cm³/mol. The molecule has 0 atom stereocenters. The number of nitrogen functional groups attached to an aromatic ring is 1. The zero-order chi connectivity index (χ0) is 14.4. The number of aromatic nitrogens is 2. The van der Waals surface area contributed by atoms with Gasteiger partial charge in [0.15, 0.2) is 0 Å². The minimum absolute atomic E-state index is 0.0528. The van der Waals surface area contributed by atoms with Crippen molar-refractivity contribution in [2.45, 2.75) is 6.92 Å². The van der Waals surface area contributed by atoms with Gasteiger partial charge in [0, 0.05) is 6.07 Å². The first-order valence-corrected chi connectivity index (χ1v) is 6.25. The van der Waals surface area contributed by atoms with Crippen LogP contribution in [0.1, 0.15) is 5.56 Å². The van der Waals surface area contributed by atoms with Crippen LogP contribution in [0.15, 0.2) is 30.3 Å². The number of aryl methyl sites for hydroxylation is 1. The molecule has 0 aliphatic rings. The Kier molecular flexibility index (Phi) is 2.87. The van der Waals surface area contributed by atoms with E-state index in [9.17, 15) is 8.78 Å². The molecular weight excluding hydrogens is 284 g/mol. The number of imidazole rings is 1. The van der Waals surface area contributed by atoms with Gasteiger partial charge in [0.2, 0.25) is 5.95 Å². The summed E-state index contributed by atoms with van der Waals surface area (Å²) in [5.74, 6) is -0.857. The van der Waals surface area contributed by atoms with E-state index in [0.29, 0.717) is 16.6 Å². The average Bonchev–Trinajstić information content (AvgIpc) is 2.67. The van der Waals surface area contributed by atoms with Crippen molar-refractivity contribution in [2.75, 3.05) is 5.73 Å². The SMILES string of the molecule is Cc1cc2c(cc1F)nc(N)n2-c1c(F)cccc1Cl. The van der Waals surface area contributed by atoms with Crippen molar-refractivity contribution in [3.63, 3.8) is 0 Å². The Morgan fingerprint density at radius 3 is 2.65 bits per heavy atom. The number of nitrogens with two attached hydrogens (primary N) is 1. The van der Waals surface area contributed by atoms with E-state index in [1.165, 1.54) is 22.8 Å². The van der Waals surface area contributed by atoms with Crippen LogP contribution in [0.2, 0.25) is 5.02 Å². The van der Waals surface area contributed by atoms with Crippen LogP contribution in [-0.2, 0) is 0 Å². The van der Waals surface area contributed by atoms with E-state index in [-0.39, 0.29) is 22.5 Å². The number of fused-ring (bicyclic) bond motifs is 1. The molecule has 0 saturated carbocycles. The molecule has 20 heavy (non-hydrogen) atoms. The highest BCUT2D eigenvalue weighted by atomic mass is 35.5. The molecule has 3 nitrogen and oxygen atoms in total. The summed E-state index contributed by atoms with van der Waals surface area (Å²) in [6, 6.07) is 7.18. The Labute approximate surface area is 118 Å². The maximum absolute atomic E-state index is 14.0. The summed E-state index contributed by atoms with van der Waals surface area (Å²) in [4.78, 5) is 4.05. The van der Waals surface area contributed by atoms with E-state index in [0.717, 1.165) is 0 Å². The Hall–Kier alpha value is -2.14. The summed E-state index contributed by atoms with van der Waals surface area (Å²) < 4.78 is 29.0. The third-order valence-corrected chi connectivity index (χ3v) is 3.43. The lowest BCUT2D eigenvalue weighted by atomic mass is 10.2. The standard InChI is InChI=1S/C14H10ClF2N3/c1-7-5-12-11(6-10(7)17)19-14(18)20(12)13-8(15)3-2-4-9(13)16/h2-6H,1H3,(H2,18,19). The number of anilines is 1. The lowest BCUT2D eigenvalue weighted by Crippen LogP contribution is -2.04. The zero-order valence-electron chi connectivity index (χ0n) is 10.5. The van der Waals surface area contributed by atoms with Crippen LogP contribution >= 0.6 is 11.6 Å². The second-order valence-corrected chi connectivity index (χ2v) is 4.87. The summed E-state index contributed by atoms with van der Waals surface area (Å²) in [6.07, 6.45) is 0. The summed E-state index contributed by atoms with van der Waals surface area (Å²) in [7, 11) is 0. The van der Waals surface area contributed by atoms with Crippen molar-refractivity contribution in [2.24, 2.45) is 0 Å². The van der Waals surface area contributed by atoms with Crippen molar-refractivity contribution >= 4 is 28.6 Å². The Balaban J connectivity index is 2.42. The summed E-state index contributed by atoms with van der Waals surface area (Å²) in [5.41, 5.74) is 7.22. The monoisotopic (exact) mass is 293 g/mol. The molecular formula is C14H10ClF2N3. The highest BCUT2D eigenvalue weighted by molar-refractivity contribution is 6.32. The first-order chi connectivity index (χ1) is 9.49. The molecule has 2 N–H and O–H groups in total. The molecule has 0 unspecified atom stereocenters. The van der Waals surface area contributed by atoms with Crippen molar-refractivity contribution in [1.29, 1.82) is 0 Å². The molecule has 0 aliphatic carbocycles. The Bertz CT molecular complexity index is 807. The Morgan fingerprint density at radius 1 is 1.20 bits per heavy atom. The van der Waals surface area contributed by atoms with E-state index < -0.39 is 5.82 Å². The van der Waals surface area contributed by atoms with Gasteiger partial charge in [0.1, 0.15) is 17.3 Å². The van der Waals surface area contributed by atoms with Gasteiger partial charge in [-0.25, -0.2) is 13.8 Å². The third kappa shape index (κ3) is 1.82. The number of nitrogens with zero attached hydrogens (tertiary/aromatic N) is 2. The van der Waals surface area contributed by atoms with Crippen LogP contribution in [0.5, 0.6) is 0 Å². The first-order valence-electron chi connectivity index (χ1n) is 5.87. The van der Waals surface area contributed by atoms with Gasteiger partial charge in [0.05, 0.1) is 16.1 Å². The number of benzene rings is 2. The fourth-order valence-corrected chi connectivity index (χ4v) is 2.41. The second kappa shape index (κ2) is 4.45. The normalized spacial score (nSPS) is 11.2. The van der Waals surface area contributed by atoms with Gasteiger partial charge in [-0.15, -0.1) is 0 Å². The topological polar surface area (TPSA) is 43.8 Å². The van der Waals surface area contributed by atoms with E-state index in [1.807, 2.05) is 0 Å². The zero-order valence-corrected chi connectivity index (χ0v) is 11.2. The maximum atomic E-state index is 14.0. The minimum atomic E-state index is -0.523. The van der Waals surface area contributed by atoms with Gasteiger partial charge in [0.25, 0.3) is 0 Å². The van der Waals surface area contributed by atoms with Gasteiger partial charge in [-0.05, 0) is 30.7 Å². The maximum Gasteiger partial charge on any atom is 0.206 e. The molecule has 0 radical (unpaired) electrons. The van der Waals surface area contributed by atoms with E-state index in [2.05, 4.69) is 4.98 Å². The van der Waals surface area contributed by atoms with E-state index in [1.54, 1.807) is 19.1 Å². The van der Waals surface area contributed by atoms with Gasteiger partial charge in [-0.3, -0.25) is 4.57 Å². The lowest BCUT2D eigenvalue weighted by Gasteiger charge is -2.10. The van der Waals surface area contributed by atoms with Crippen LogP contribution in [-0.4, -0.2) is 9.55 Å². The van der Waals surface area contributed by atoms with Crippen LogP contribution in [0, 0.1) is 18.6 Å². The number of halogens is 3. The molecule has 6 heteroatoms. The number of hydrogen-bond acceptors (Lipinski definition) is 2. The van der Waals surface area contributed by atoms with Crippen molar-refractivity contribution in [3.8, 4) is 5.69 Å². The van der Waals surface area contributed by atoms with E-state index >= 15 is 0 Å². The summed E-state index contributed by atoms with van der Waals surface area (Å²) in [6.45, 7) is 1.62. The average molecular weight is 294 g/mol. The van der Waals surface area contributed by atoms with Crippen molar-refractivity contribution in [3.05, 3.63) is 52.6 Å². The fraction of sp³-hybridized carbons (Fsp3) is 0.0714. The molecule has 1 heterocycles. The van der Waals surface area contributed by atoms with Crippen molar-refractivity contribution < 1.29 is 8.78 Å². The first kappa shape index (κ1) is 12.9. The number of para-hydroxylation sites is 1. The largest absolute Gasteiger partial charge is 0.369 e. The van der Waals surface area contributed by atoms with Crippen LogP contribution in [0.4, 0.5) is 14.7 Å². The predicted octanol–water partition coefficient (Wildman–Crippen LogP) is 3.85. The third-order valence-electron chi connectivity index (χ3n) is 3.12. The molecule has 0 spiro atoms. The molecule has 2 aromatic carbocycles. The molecule has 0 amide bonds. The molecule has 0 aliphatic heterocycles. The fourth-order valence-electron chi connectivity index (χ4n) is 2.16. The molecule has 0 bridgehead atoms. The van der Waals surface area contributed by atoms with Gasteiger partial charge in [-0.1, -0.05) is 17.7 Å².